The first-order valence-corrected chi connectivity index (χ1v) is 20.2. The summed E-state index contributed by atoms with van der Waals surface area (Å²) in [6.07, 6.45) is -3.04. The Hall–Kier alpha value is -5.66. The number of nitrogens with two attached hydrogens (primary N) is 4. The summed E-state index contributed by atoms with van der Waals surface area (Å²) in [6.45, 7) is 9.56. The summed E-state index contributed by atoms with van der Waals surface area (Å²) >= 11 is 0. The van der Waals surface area contributed by atoms with Crippen LogP contribution in [0.5, 0.6) is 0 Å². The second-order valence-electron chi connectivity index (χ2n) is 15.7. The third-order valence-electron chi connectivity index (χ3n) is 9.41. The zero-order valence-electron chi connectivity index (χ0n) is 36.3. The summed E-state index contributed by atoms with van der Waals surface area (Å²) in [4.78, 5) is 119. The zero-order valence-corrected chi connectivity index (χ0v) is 36.3. The topological polar surface area (TPSA) is 435 Å². The molecule has 0 saturated carbocycles. The molecular formula is C37H68N12O13. The molecule has 8 amide bonds. The van der Waals surface area contributed by atoms with Crippen LogP contribution in [0.3, 0.4) is 0 Å². The van der Waals surface area contributed by atoms with Gasteiger partial charge in [-0.2, -0.15) is 0 Å². The van der Waals surface area contributed by atoms with Crippen LogP contribution in [-0.4, -0.2) is 154 Å². The molecule has 19 N–H and O–H groups in total. The largest absolute Gasteiger partial charge is 0.480 e. The number of guanidine groups is 1. The van der Waals surface area contributed by atoms with Gasteiger partial charge in [-0.1, -0.05) is 48.0 Å². The Balaban J connectivity index is 6.26. The van der Waals surface area contributed by atoms with Crippen molar-refractivity contribution in [1.82, 2.24) is 37.2 Å². The number of carbonyl (C=O) groups excluding carboxylic acids is 8. The summed E-state index contributed by atoms with van der Waals surface area (Å²) in [6, 6.07) is -10.4. The number of hydrogen-bond acceptors (Lipinski definition) is 14. The molecule has 0 heterocycles. The van der Waals surface area contributed by atoms with Crippen molar-refractivity contribution in [1.29, 1.82) is 0 Å². The maximum Gasteiger partial charge on any atom is 0.328 e. The van der Waals surface area contributed by atoms with E-state index in [0.717, 1.165) is 6.92 Å². The number of amides is 8. The molecule has 0 aromatic carbocycles. The highest BCUT2D eigenvalue weighted by Gasteiger charge is 2.36. The van der Waals surface area contributed by atoms with Gasteiger partial charge in [-0.15, -0.1) is 0 Å². The van der Waals surface area contributed by atoms with Gasteiger partial charge in [0.1, 0.15) is 42.3 Å². The number of aliphatic carboxylic acids is 1. The van der Waals surface area contributed by atoms with Crippen LogP contribution in [0.1, 0.15) is 80.6 Å². The normalized spacial score (nSPS) is 16.0. The number of nitrogens with zero attached hydrogens (tertiary/aromatic N) is 1. The smallest absolute Gasteiger partial charge is 0.328 e. The van der Waals surface area contributed by atoms with Crippen LogP contribution in [0.2, 0.25) is 0 Å². The molecule has 0 aliphatic rings. The molecule has 62 heavy (non-hydrogen) atoms. The summed E-state index contributed by atoms with van der Waals surface area (Å²) in [5, 5.41) is 55.4. The number of aliphatic hydroxyl groups excluding tert-OH is 3. The van der Waals surface area contributed by atoms with Gasteiger partial charge in [-0.25, -0.2) is 4.79 Å². The molecule has 354 valence electrons. The molecule has 0 aliphatic carbocycles. The zero-order chi connectivity index (χ0) is 48.0. The number of carboxylic acids is 1. The fourth-order valence-corrected chi connectivity index (χ4v) is 5.58. The minimum absolute atomic E-state index is 0.0541. The van der Waals surface area contributed by atoms with E-state index < -0.39 is 133 Å². The SMILES string of the molecule is CC[C@H](C)[C@H](NC(=O)[C@@H](CCCN=C(N)N)NC(=O)[C@H](CC(C)C)NC(=O)[C@@H](N)[C@H](O)C(C)C)C(=O)N[C@H](C(=O)NCC(=O)N[C@@H](CC(N)=O)C(=O)N[C@@H](CO)C(=O)O)[C@@H](C)O. The first-order valence-electron chi connectivity index (χ1n) is 20.2. The van der Waals surface area contributed by atoms with E-state index in [2.05, 4.69) is 36.9 Å². The minimum Gasteiger partial charge on any atom is -0.480 e. The highest BCUT2D eigenvalue weighted by atomic mass is 16.4. The van der Waals surface area contributed by atoms with Gasteiger partial charge in [0.25, 0.3) is 0 Å². The molecule has 25 heteroatoms. The Kier molecular flexibility index (Phi) is 25.5. The van der Waals surface area contributed by atoms with E-state index in [1.807, 2.05) is 5.32 Å². The van der Waals surface area contributed by atoms with Gasteiger partial charge in [0.05, 0.1) is 31.8 Å². The fourth-order valence-electron chi connectivity index (χ4n) is 5.58. The molecule has 0 aromatic rings. The number of aliphatic hydroxyl groups is 3. The molecule has 25 nitrogen and oxygen atoms in total. The summed E-state index contributed by atoms with van der Waals surface area (Å²) < 4.78 is 0. The number of rotatable bonds is 29. The van der Waals surface area contributed by atoms with Crippen molar-refractivity contribution in [3.63, 3.8) is 0 Å². The molecule has 0 rings (SSSR count). The molecule has 0 fully saturated rings. The van der Waals surface area contributed by atoms with Gasteiger partial charge < -0.3 is 80.6 Å². The monoisotopic (exact) mass is 889 g/mol. The van der Waals surface area contributed by atoms with Crippen molar-refractivity contribution >= 4 is 59.2 Å². The Labute approximate surface area is 360 Å². The van der Waals surface area contributed by atoms with Crippen LogP contribution >= 0.6 is 0 Å². The number of aliphatic imine (C=N–C) groups is 1. The van der Waals surface area contributed by atoms with Gasteiger partial charge in [0.15, 0.2) is 5.96 Å². The van der Waals surface area contributed by atoms with Crippen LogP contribution in [0.4, 0.5) is 0 Å². The minimum atomic E-state index is -1.77. The van der Waals surface area contributed by atoms with Crippen molar-refractivity contribution in [2.75, 3.05) is 19.7 Å². The van der Waals surface area contributed by atoms with Crippen molar-refractivity contribution in [2.45, 2.75) is 135 Å². The third-order valence-corrected chi connectivity index (χ3v) is 9.41. The lowest BCUT2D eigenvalue weighted by molar-refractivity contribution is -0.143. The van der Waals surface area contributed by atoms with Crippen molar-refractivity contribution < 1.29 is 63.6 Å². The second kappa shape index (κ2) is 28.0. The lowest BCUT2D eigenvalue weighted by Gasteiger charge is -2.30. The maximum absolute atomic E-state index is 13.9. The predicted molar refractivity (Wildman–Crippen MR) is 222 cm³/mol. The van der Waals surface area contributed by atoms with Crippen molar-refractivity contribution in [3.05, 3.63) is 0 Å². The van der Waals surface area contributed by atoms with Crippen LogP contribution in [-0.2, 0) is 43.2 Å². The van der Waals surface area contributed by atoms with Gasteiger partial charge in [0.2, 0.25) is 47.3 Å². The van der Waals surface area contributed by atoms with E-state index in [1.54, 1.807) is 41.5 Å². The Morgan fingerprint density at radius 1 is 0.661 bits per heavy atom. The summed E-state index contributed by atoms with van der Waals surface area (Å²) in [5.41, 5.74) is 22.0. The third kappa shape index (κ3) is 20.7. The lowest BCUT2D eigenvalue weighted by atomic mass is 9.96. The molecule has 0 saturated heterocycles. The standard InChI is InChI=1S/C37H68N12O13/c1-8-18(6)27(35(60)49-28(19(7)51)34(59)43-14-25(53)44-22(13-24(38)52)32(57)47-23(15-50)36(61)62)48-30(55)20(10-9-11-42-37(40)41)45-31(56)21(12-16(2)3)46-33(58)26(39)29(54)17(4)5/h16-23,26-29,50-51,54H,8-15,39H2,1-7H3,(H2,38,52)(H,43,59)(H,44,53)(H,45,56)(H,46,58)(H,47,57)(H,48,55)(H,49,60)(H,61,62)(H4,40,41,42)/t18-,19+,20+,21-,22-,23-,26-,27-,28-,29+/m0/s1. The van der Waals surface area contributed by atoms with Crippen LogP contribution in [0, 0.1) is 17.8 Å². The number of carbonyl (C=O) groups is 9. The van der Waals surface area contributed by atoms with E-state index in [1.165, 1.54) is 0 Å². The van der Waals surface area contributed by atoms with Gasteiger partial charge in [0, 0.05) is 6.54 Å². The van der Waals surface area contributed by atoms with Gasteiger partial charge in [-0.3, -0.25) is 43.3 Å². The average Bonchev–Trinajstić information content (AvgIpc) is 3.18. The van der Waals surface area contributed by atoms with E-state index in [4.69, 9.17) is 28.0 Å². The number of primary amides is 1. The molecule has 0 unspecified atom stereocenters. The first kappa shape index (κ1) is 56.3. The van der Waals surface area contributed by atoms with E-state index in [-0.39, 0.29) is 43.6 Å². The number of hydrogen-bond donors (Lipinski definition) is 15. The molecule has 0 radical (unpaired) electrons. The fraction of sp³-hybridized carbons (Fsp3) is 0.730. The Morgan fingerprint density at radius 2 is 1.19 bits per heavy atom. The van der Waals surface area contributed by atoms with Crippen LogP contribution in [0.15, 0.2) is 4.99 Å². The van der Waals surface area contributed by atoms with Gasteiger partial charge >= 0.3 is 5.97 Å². The van der Waals surface area contributed by atoms with Gasteiger partial charge in [-0.05, 0) is 43.9 Å². The maximum atomic E-state index is 13.9. The average molecular weight is 889 g/mol. The number of nitrogens with one attached hydrogen (secondary N) is 7. The number of carboxylic acid groups (broad SMARTS) is 1. The lowest BCUT2D eigenvalue weighted by Crippen LogP contribution is -2.62. The Morgan fingerprint density at radius 3 is 1.68 bits per heavy atom. The predicted octanol–water partition coefficient (Wildman–Crippen LogP) is -6.17. The highest BCUT2D eigenvalue weighted by molar-refractivity contribution is 5.98. The second-order valence-corrected chi connectivity index (χ2v) is 15.7. The summed E-state index contributed by atoms with van der Waals surface area (Å²) in [7, 11) is 0. The summed E-state index contributed by atoms with van der Waals surface area (Å²) in [5.74, 6) is -10.7. The molecule has 0 spiro atoms. The van der Waals surface area contributed by atoms with Crippen LogP contribution < -0.4 is 60.2 Å². The van der Waals surface area contributed by atoms with Crippen LogP contribution in [0.25, 0.3) is 0 Å². The molecule has 10 atom stereocenters. The first-order chi connectivity index (χ1) is 28.8. The highest BCUT2D eigenvalue weighted by Crippen LogP contribution is 2.13. The van der Waals surface area contributed by atoms with E-state index in [0.29, 0.717) is 6.42 Å². The Bertz CT molecular complexity index is 1570. The molecular weight excluding hydrogens is 820 g/mol. The quantitative estimate of drug-likeness (QED) is 0.0189. The van der Waals surface area contributed by atoms with E-state index in [9.17, 15) is 58.5 Å². The molecule has 0 aromatic heterocycles. The molecule has 0 bridgehead atoms. The van der Waals surface area contributed by atoms with Crippen molar-refractivity contribution in [2.24, 2.45) is 45.7 Å². The molecule has 0 aliphatic heterocycles. The van der Waals surface area contributed by atoms with E-state index >= 15 is 0 Å². The van der Waals surface area contributed by atoms with Crippen molar-refractivity contribution in [3.8, 4) is 0 Å².